The van der Waals surface area contributed by atoms with E-state index in [-0.39, 0.29) is 0 Å². The molecule has 0 aromatic heterocycles. The zero-order valence-electron chi connectivity index (χ0n) is 14.3. The zero-order valence-corrected chi connectivity index (χ0v) is 16.7. The Kier molecular flexibility index (Phi) is 6.69. The number of allylic oxidation sites excluding steroid dienone is 1. The number of ether oxygens (including phenoxy) is 1. The monoisotopic (exact) mass is 423 g/mol. The van der Waals surface area contributed by atoms with E-state index in [1.165, 1.54) is 4.90 Å². The Bertz CT molecular complexity index is 905. The summed E-state index contributed by atoms with van der Waals surface area (Å²) in [5.74, 6) is 0.817. The van der Waals surface area contributed by atoms with Crippen LogP contribution in [0.3, 0.4) is 0 Å². The van der Waals surface area contributed by atoms with Crippen molar-refractivity contribution in [2.45, 2.75) is 4.90 Å². The number of hydrogen-bond donors (Lipinski definition) is 0. The number of rotatable bonds is 6. The van der Waals surface area contributed by atoms with Crippen molar-refractivity contribution in [3.8, 4) is 5.75 Å². The van der Waals surface area contributed by atoms with Crippen molar-refractivity contribution in [1.29, 1.82) is 0 Å². The van der Waals surface area contributed by atoms with Crippen LogP contribution in [0.15, 0.2) is 105 Å². The molecule has 0 spiro atoms. The van der Waals surface area contributed by atoms with E-state index in [9.17, 15) is 0 Å². The first-order valence-electron chi connectivity index (χ1n) is 8.11. The van der Waals surface area contributed by atoms with Gasteiger partial charge in [0.2, 0.25) is 0 Å². The van der Waals surface area contributed by atoms with Gasteiger partial charge in [-0.3, -0.25) is 0 Å². The fraction of sp³-hybridized carbons (Fsp3) is 0.0455. The van der Waals surface area contributed by atoms with Crippen LogP contribution in [-0.2, 0) is 0 Å². The predicted molar refractivity (Wildman–Crippen MR) is 115 cm³/mol. The number of halogens is 1. The molecular weight excluding hydrogens is 406 g/mol. The molecule has 0 heterocycles. The second-order valence-corrected chi connectivity index (χ2v) is 7.33. The molecule has 3 aromatic carbocycles. The Morgan fingerprint density at radius 3 is 2.46 bits per heavy atom. The summed E-state index contributed by atoms with van der Waals surface area (Å²) in [6.07, 6.45) is 2.04. The molecule has 0 N–H and O–H groups in total. The maximum atomic E-state index is 5.35. The molecule has 0 radical (unpaired) electrons. The lowest BCUT2D eigenvalue weighted by Gasteiger charge is -2.06. The molecule has 2 nitrogen and oxygen atoms in total. The van der Waals surface area contributed by atoms with Crippen LogP contribution >= 0.6 is 27.7 Å². The van der Waals surface area contributed by atoms with Gasteiger partial charge in [0.15, 0.2) is 0 Å². The fourth-order valence-corrected chi connectivity index (χ4v) is 3.22. The number of nitrogens with zero attached hydrogens (tertiary/aromatic N) is 1. The highest BCUT2D eigenvalue weighted by atomic mass is 79.9. The van der Waals surface area contributed by atoms with E-state index in [4.69, 9.17) is 9.73 Å². The smallest absolute Gasteiger partial charge is 0.119 e. The van der Waals surface area contributed by atoms with E-state index < -0.39 is 0 Å². The van der Waals surface area contributed by atoms with E-state index in [2.05, 4.69) is 33.5 Å². The maximum Gasteiger partial charge on any atom is 0.119 e. The maximum absolute atomic E-state index is 5.35. The van der Waals surface area contributed by atoms with E-state index >= 15 is 0 Å². The van der Waals surface area contributed by atoms with Crippen LogP contribution in [0.25, 0.3) is 0 Å². The lowest BCUT2D eigenvalue weighted by atomic mass is 10.1. The molecule has 0 aliphatic carbocycles. The minimum absolute atomic E-state index is 0.817. The number of benzene rings is 3. The summed E-state index contributed by atoms with van der Waals surface area (Å²) in [5.41, 5.74) is 2.82. The van der Waals surface area contributed by atoms with Gasteiger partial charge in [-0.2, -0.15) is 0 Å². The second kappa shape index (κ2) is 9.41. The molecule has 0 fully saturated rings. The van der Waals surface area contributed by atoms with Crippen molar-refractivity contribution in [1.82, 2.24) is 0 Å². The van der Waals surface area contributed by atoms with Gasteiger partial charge in [-0.25, -0.2) is 4.99 Å². The molecule has 0 aliphatic rings. The Hall–Kier alpha value is -2.30. The van der Waals surface area contributed by atoms with E-state index in [0.717, 1.165) is 27.2 Å². The quantitative estimate of drug-likeness (QED) is 0.318. The average Bonchev–Trinajstić information content (AvgIpc) is 2.69. The first-order valence-corrected chi connectivity index (χ1v) is 9.79. The molecule has 0 atom stereocenters. The van der Waals surface area contributed by atoms with Crippen molar-refractivity contribution in [3.05, 3.63) is 100 Å². The van der Waals surface area contributed by atoms with Gasteiger partial charge in [0.25, 0.3) is 0 Å². The Balaban J connectivity index is 1.88. The third kappa shape index (κ3) is 5.35. The van der Waals surface area contributed by atoms with Crippen molar-refractivity contribution in [3.63, 3.8) is 0 Å². The molecule has 0 amide bonds. The van der Waals surface area contributed by atoms with Gasteiger partial charge in [0.05, 0.1) is 18.5 Å². The molecule has 0 aliphatic heterocycles. The molecule has 0 bridgehead atoms. The highest BCUT2D eigenvalue weighted by Crippen LogP contribution is 2.23. The summed E-state index contributed by atoms with van der Waals surface area (Å²) >= 11 is 5.12. The van der Waals surface area contributed by atoms with Crippen LogP contribution in [0.5, 0.6) is 5.75 Å². The topological polar surface area (TPSA) is 21.6 Å². The van der Waals surface area contributed by atoms with Crippen molar-refractivity contribution < 1.29 is 4.74 Å². The molecular formula is C22H18BrNOS. The summed E-state index contributed by atoms with van der Waals surface area (Å²) < 4.78 is 6.43. The standard InChI is InChI=1S/C22H18BrNOS/c1-25-20-9-5-6-17(16-20)22(24-19-7-3-2-4-8-19)14-15-26-21-12-10-18(23)11-13-21/h2-16H,1H3. The normalized spacial score (nSPS) is 11.7. The first kappa shape index (κ1) is 18.5. The molecule has 4 heteroatoms. The van der Waals surface area contributed by atoms with Crippen LogP contribution in [0, 0.1) is 0 Å². The number of aliphatic imine (C=N–C) groups is 1. The van der Waals surface area contributed by atoms with Gasteiger partial charge >= 0.3 is 0 Å². The Labute approximate surface area is 166 Å². The van der Waals surface area contributed by atoms with Crippen molar-refractivity contribution >= 4 is 39.1 Å². The number of thioether (sulfide) groups is 1. The lowest BCUT2D eigenvalue weighted by Crippen LogP contribution is -1.97. The highest BCUT2D eigenvalue weighted by molar-refractivity contribution is 9.10. The summed E-state index contributed by atoms with van der Waals surface area (Å²) in [6, 6.07) is 26.1. The van der Waals surface area contributed by atoms with Crippen molar-refractivity contribution in [2.24, 2.45) is 4.99 Å². The Morgan fingerprint density at radius 2 is 1.73 bits per heavy atom. The molecule has 0 saturated heterocycles. The molecule has 3 aromatic rings. The third-order valence-corrected chi connectivity index (χ3v) is 4.96. The summed E-state index contributed by atoms with van der Waals surface area (Å²) in [5, 5.41) is 2.06. The summed E-state index contributed by atoms with van der Waals surface area (Å²) in [4.78, 5) is 5.98. The number of para-hydroxylation sites is 1. The molecule has 26 heavy (non-hydrogen) atoms. The SMILES string of the molecule is COc1cccc(C(C=CSc2ccc(Br)cc2)=Nc2ccccc2)c1. The third-order valence-electron chi connectivity index (χ3n) is 3.61. The Morgan fingerprint density at radius 1 is 0.962 bits per heavy atom. The average molecular weight is 424 g/mol. The lowest BCUT2D eigenvalue weighted by molar-refractivity contribution is 0.414. The molecule has 130 valence electrons. The van der Waals surface area contributed by atoms with Gasteiger partial charge in [-0.1, -0.05) is 58.0 Å². The van der Waals surface area contributed by atoms with Crippen LogP contribution in [0.2, 0.25) is 0 Å². The first-order chi connectivity index (χ1) is 12.7. The zero-order chi connectivity index (χ0) is 18.2. The number of methoxy groups -OCH3 is 1. The highest BCUT2D eigenvalue weighted by Gasteiger charge is 2.03. The second-order valence-electron chi connectivity index (χ2n) is 5.44. The van der Waals surface area contributed by atoms with Gasteiger partial charge in [0.1, 0.15) is 5.75 Å². The fourth-order valence-electron chi connectivity index (χ4n) is 2.31. The summed E-state index contributed by atoms with van der Waals surface area (Å²) in [7, 11) is 1.67. The van der Waals surface area contributed by atoms with Crippen LogP contribution in [0.1, 0.15) is 5.56 Å². The minimum atomic E-state index is 0.817. The van der Waals surface area contributed by atoms with Crippen LogP contribution in [-0.4, -0.2) is 12.8 Å². The van der Waals surface area contributed by atoms with Crippen LogP contribution < -0.4 is 4.74 Å². The molecule has 0 unspecified atom stereocenters. The van der Waals surface area contributed by atoms with E-state index in [1.54, 1.807) is 18.9 Å². The predicted octanol–water partition coefficient (Wildman–Crippen LogP) is 6.88. The molecule has 3 rings (SSSR count). The largest absolute Gasteiger partial charge is 0.497 e. The van der Waals surface area contributed by atoms with E-state index in [0.29, 0.717) is 0 Å². The van der Waals surface area contributed by atoms with Gasteiger partial charge < -0.3 is 4.74 Å². The van der Waals surface area contributed by atoms with Gasteiger partial charge in [-0.15, -0.1) is 0 Å². The summed E-state index contributed by atoms with van der Waals surface area (Å²) in [6.45, 7) is 0. The van der Waals surface area contributed by atoms with Crippen LogP contribution in [0.4, 0.5) is 5.69 Å². The number of hydrogen-bond acceptors (Lipinski definition) is 3. The van der Waals surface area contributed by atoms with Gasteiger partial charge in [0, 0.05) is 14.9 Å². The molecule has 0 saturated carbocycles. The minimum Gasteiger partial charge on any atom is -0.497 e. The van der Waals surface area contributed by atoms with Crippen molar-refractivity contribution in [2.75, 3.05) is 7.11 Å². The van der Waals surface area contributed by atoms with Gasteiger partial charge in [-0.05, 0) is 60.0 Å². The van der Waals surface area contributed by atoms with E-state index in [1.807, 2.05) is 72.8 Å².